The second-order valence-electron chi connectivity index (χ2n) is 6.36. The van der Waals surface area contributed by atoms with Gasteiger partial charge in [-0.25, -0.2) is 0 Å². The molecule has 2 heterocycles. The van der Waals surface area contributed by atoms with Crippen LogP contribution in [0.4, 0.5) is 0 Å². The molecule has 1 aromatic heterocycles. The molecule has 1 saturated heterocycles. The van der Waals surface area contributed by atoms with Gasteiger partial charge in [0.1, 0.15) is 6.07 Å². The van der Waals surface area contributed by atoms with Crippen LogP contribution >= 0.6 is 0 Å². The third kappa shape index (κ3) is 4.23. The van der Waals surface area contributed by atoms with Crippen LogP contribution in [-0.2, 0) is 4.84 Å². The van der Waals surface area contributed by atoms with Crippen molar-refractivity contribution in [2.75, 3.05) is 13.2 Å². The molecule has 1 fully saturated rings. The van der Waals surface area contributed by atoms with Crippen LogP contribution in [0.15, 0.2) is 42.6 Å². The molecule has 5 heteroatoms. The van der Waals surface area contributed by atoms with E-state index in [9.17, 15) is 0 Å². The average molecular weight is 337 g/mol. The molecule has 2 unspecified atom stereocenters. The molecule has 0 saturated carbocycles. The second-order valence-corrected chi connectivity index (χ2v) is 6.36. The van der Waals surface area contributed by atoms with Gasteiger partial charge in [0.2, 0.25) is 0 Å². The van der Waals surface area contributed by atoms with Gasteiger partial charge >= 0.3 is 0 Å². The number of hydrogen-bond donors (Lipinski definition) is 1. The number of benzene rings is 1. The zero-order valence-electron chi connectivity index (χ0n) is 14.4. The lowest BCUT2D eigenvalue weighted by Crippen LogP contribution is -2.23. The van der Waals surface area contributed by atoms with Crippen molar-refractivity contribution in [1.82, 2.24) is 10.0 Å². The van der Waals surface area contributed by atoms with Crippen molar-refractivity contribution in [3.8, 4) is 17.3 Å². The van der Waals surface area contributed by atoms with E-state index >= 15 is 0 Å². The van der Waals surface area contributed by atoms with Crippen molar-refractivity contribution in [1.29, 1.82) is 5.26 Å². The molecule has 1 aliphatic rings. The highest BCUT2D eigenvalue weighted by Gasteiger charge is 2.27. The number of aromatic nitrogens is 1. The molecule has 2 aromatic rings. The van der Waals surface area contributed by atoms with Gasteiger partial charge in [0.25, 0.3) is 0 Å². The number of aliphatic hydroxyl groups is 1. The third-order valence-electron chi connectivity index (χ3n) is 4.65. The van der Waals surface area contributed by atoms with Gasteiger partial charge in [-0.1, -0.05) is 24.3 Å². The quantitative estimate of drug-likeness (QED) is 0.874. The van der Waals surface area contributed by atoms with E-state index < -0.39 is 0 Å². The van der Waals surface area contributed by atoms with Gasteiger partial charge in [0, 0.05) is 24.9 Å². The first-order valence-corrected chi connectivity index (χ1v) is 8.72. The van der Waals surface area contributed by atoms with E-state index in [0.29, 0.717) is 5.56 Å². The Bertz CT molecular complexity index is 722. The fourth-order valence-corrected chi connectivity index (χ4v) is 3.10. The lowest BCUT2D eigenvalue weighted by molar-refractivity contribution is -0.172. The van der Waals surface area contributed by atoms with E-state index in [2.05, 4.69) is 42.2 Å². The van der Waals surface area contributed by atoms with Gasteiger partial charge < -0.3 is 5.11 Å². The molecular weight excluding hydrogens is 314 g/mol. The molecule has 0 amide bonds. The molecule has 1 aliphatic heterocycles. The summed E-state index contributed by atoms with van der Waals surface area (Å²) in [5.41, 5.74) is 3.65. The van der Waals surface area contributed by atoms with Crippen LogP contribution in [0.25, 0.3) is 11.3 Å². The van der Waals surface area contributed by atoms with Gasteiger partial charge in [0.15, 0.2) is 0 Å². The summed E-state index contributed by atoms with van der Waals surface area (Å²) in [5, 5.41) is 19.8. The van der Waals surface area contributed by atoms with Gasteiger partial charge in [-0.15, -0.1) is 0 Å². The number of aliphatic hydroxyl groups excluding tert-OH is 1. The van der Waals surface area contributed by atoms with Crippen LogP contribution in [0.5, 0.6) is 0 Å². The van der Waals surface area contributed by atoms with Gasteiger partial charge in [-0.2, -0.15) is 10.3 Å². The number of pyridine rings is 1. The van der Waals surface area contributed by atoms with Gasteiger partial charge in [-0.05, 0) is 43.9 Å². The highest BCUT2D eigenvalue weighted by molar-refractivity contribution is 5.60. The molecule has 1 aromatic carbocycles. The maximum absolute atomic E-state index is 8.94. The topological polar surface area (TPSA) is 69.4 Å². The Kier molecular flexibility index (Phi) is 5.77. The first kappa shape index (κ1) is 17.6. The Hall–Kier alpha value is -2.26. The normalized spacial score (nSPS) is 18.8. The van der Waals surface area contributed by atoms with Crippen molar-refractivity contribution < 1.29 is 9.94 Å². The smallest absolute Gasteiger partial charge is 0.101 e. The summed E-state index contributed by atoms with van der Waals surface area (Å²) in [6, 6.07) is 14.2. The molecule has 2 atom stereocenters. The number of hydroxylamine groups is 2. The lowest BCUT2D eigenvalue weighted by atomic mass is 10.0. The fourth-order valence-electron chi connectivity index (χ4n) is 3.10. The molecule has 5 nitrogen and oxygen atoms in total. The van der Waals surface area contributed by atoms with Crippen LogP contribution in [0, 0.1) is 11.3 Å². The number of hydrogen-bond acceptors (Lipinski definition) is 5. The summed E-state index contributed by atoms with van der Waals surface area (Å²) in [5.74, 6) is 0. The first-order chi connectivity index (χ1) is 12.2. The zero-order valence-corrected chi connectivity index (χ0v) is 14.4. The van der Waals surface area contributed by atoms with E-state index in [1.54, 1.807) is 12.3 Å². The standard InChI is InChI=1S/C20H23N3O2/c1-15(23-11-10-19(25-23)3-2-12-24)17-5-7-18(8-6-17)20-9-4-16(13-21)14-22-20/h4-9,14-15,19,24H,2-3,10-12H2,1H3. The van der Waals surface area contributed by atoms with Crippen molar-refractivity contribution in [3.63, 3.8) is 0 Å². The largest absolute Gasteiger partial charge is 0.396 e. The molecule has 0 radical (unpaired) electrons. The molecular formula is C20H23N3O2. The second kappa shape index (κ2) is 8.21. The summed E-state index contributed by atoms with van der Waals surface area (Å²) in [6.45, 7) is 3.28. The van der Waals surface area contributed by atoms with Crippen LogP contribution in [0.3, 0.4) is 0 Å². The van der Waals surface area contributed by atoms with Crippen LogP contribution in [0.1, 0.15) is 43.4 Å². The number of nitrogens with zero attached hydrogens (tertiary/aromatic N) is 3. The Balaban J connectivity index is 1.64. The summed E-state index contributed by atoms with van der Waals surface area (Å²) < 4.78 is 0. The van der Waals surface area contributed by atoms with Crippen molar-refractivity contribution >= 4 is 0 Å². The molecule has 0 bridgehead atoms. The maximum atomic E-state index is 8.94. The number of rotatable bonds is 6. The van der Waals surface area contributed by atoms with Crippen molar-refractivity contribution in [2.24, 2.45) is 0 Å². The molecule has 1 N–H and O–H groups in total. The van der Waals surface area contributed by atoms with E-state index in [1.807, 2.05) is 11.1 Å². The van der Waals surface area contributed by atoms with Gasteiger partial charge in [-0.3, -0.25) is 9.82 Å². The highest BCUT2D eigenvalue weighted by Crippen LogP contribution is 2.29. The van der Waals surface area contributed by atoms with E-state index in [4.69, 9.17) is 15.2 Å². The highest BCUT2D eigenvalue weighted by atomic mass is 16.7. The predicted octanol–water partition coefficient (Wildman–Crippen LogP) is 3.46. The van der Waals surface area contributed by atoms with E-state index in [0.717, 1.165) is 37.1 Å². The SMILES string of the molecule is CC(c1ccc(-c2ccc(C#N)cn2)cc1)N1CCC(CCCO)O1. The predicted molar refractivity (Wildman–Crippen MR) is 95.3 cm³/mol. The fraction of sp³-hybridized carbons (Fsp3) is 0.400. The van der Waals surface area contributed by atoms with Crippen LogP contribution < -0.4 is 0 Å². The van der Waals surface area contributed by atoms with Crippen LogP contribution in [0.2, 0.25) is 0 Å². The Morgan fingerprint density at radius 3 is 2.76 bits per heavy atom. The molecule has 0 spiro atoms. The lowest BCUT2D eigenvalue weighted by Gasteiger charge is -2.24. The summed E-state index contributed by atoms with van der Waals surface area (Å²) in [7, 11) is 0. The molecule has 0 aliphatic carbocycles. The molecule has 25 heavy (non-hydrogen) atoms. The van der Waals surface area contributed by atoms with Gasteiger partial charge in [0.05, 0.1) is 23.4 Å². The Labute approximate surface area is 148 Å². The van der Waals surface area contributed by atoms with E-state index in [-0.39, 0.29) is 18.8 Å². The maximum Gasteiger partial charge on any atom is 0.101 e. The average Bonchev–Trinajstić information content (AvgIpc) is 3.15. The Morgan fingerprint density at radius 2 is 2.12 bits per heavy atom. The summed E-state index contributed by atoms with van der Waals surface area (Å²) >= 11 is 0. The monoisotopic (exact) mass is 337 g/mol. The molecule has 3 rings (SSSR count). The first-order valence-electron chi connectivity index (χ1n) is 8.72. The summed E-state index contributed by atoms with van der Waals surface area (Å²) in [4.78, 5) is 10.3. The summed E-state index contributed by atoms with van der Waals surface area (Å²) in [6.07, 6.45) is 4.52. The van der Waals surface area contributed by atoms with E-state index in [1.165, 1.54) is 5.56 Å². The third-order valence-corrected chi connectivity index (χ3v) is 4.65. The van der Waals surface area contributed by atoms with Crippen molar-refractivity contribution in [3.05, 3.63) is 53.7 Å². The minimum absolute atomic E-state index is 0.183. The minimum atomic E-state index is 0.183. The van der Waals surface area contributed by atoms with Crippen molar-refractivity contribution in [2.45, 2.75) is 38.3 Å². The Morgan fingerprint density at radius 1 is 1.32 bits per heavy atom. The van der Waals surface area contributed by atoms with Crippen LogP contribution in [-0.4, -0.2) is 34.4 Å². The minimum Gasteiger partial charge on any atom is -0.396 e. The number of nitriles is 1. The molecule has 130 valence electrons. The zero-order chi connectivity index (χ0) is 17.6.